The molecule has 0 aliphatic rings. The fraction of sp³-hybridized carbons (Fsp3) is 0.632. The highest BCUT2D eigenvalue weighted by Gasteiger charge is 2.18. The SMILES string of the molecule is CCCCOc1ccccc1C(=O)OC(CCC)CCCC. The molecule has 0 saturated carbocycles. The molecule has 0 N–H and O–H groups in total. The summed E-state index contributed by atoms with van der Waals surface area (Å²) in [6, 6.07) is 7.36. The number of benzene rings is 1. The van der Waals surface area contributed by atoms with Crippen molar-refractivity contribution in [1.82, 2.24) is 0 Å². The van der Waals surface area contributed by atoms with Gasteiger partial charge in [0.05, 0.1) is 6.61 Å². The van der Waals surface area contributed by atoms with E-state index >= 15 is 0 Å². The van der Waals surface area contributed by atoms with Gasteiger partial charge in [0.15, 0.2) is 0 Å². The van der Waals surface area contributed by atoms with Crippen molar-refractivity contribution in [3.05, 3.63) is 29.8 Å². The molecule has 0 aliphatic carbocycles. The maximum atomic E-state index is 12.4. The highest BCUT2D eigenvalue weighted by Crippen LogP contribution is 2.21. The Morgan fingerprint density at radius 1 is 1.00 bits per heavy atom. The van der Waals surface area contributed by atoms with Crippen LogP contribution in [0.4, 0.5) is 0 Å². The van der Waals surface area contributed by atoms with Crippen LogP contribution >= 0.6 is 0 Å². The number of hydrogen-bond acceptors (Lipinski definition) is 3. The maximum Gasteiger partial charge on any atom is 0.342 e. The maximum absolute atomic E-state index is 12.4. The third-order valence-electron chi connectivity index (χ3n) is 3.63. The van der Waals surface area contributed by atoms with E-state index in [4.69, 9.17) is 9.47 Å². The minimum atomic E-state index is -0.262. The number of rotatable bonds is 11. The number of carbonyl (C=O) groups is 1. The van der Waals surface area contributed by atoms with Gasteiger partial charge in [0.2, 0.25) is 0 Å². The minimum Gasteiger partial charge on any atom is -0.493 e. The fourth-order valence-corrected chi connectivity index (χ4v) is 2.32. The highest BCUT2D eigenvalue weighted by atomic mass is 16.5. The Morgan fingerprint density at radius 2 is 1.73 bits per heavy atom. The molecule has 1 atom stereocenters. The summed E-state index contributed by atoms with van der Waals surface area (Å²) in [6.07, 6.45) is 7.17. The standard InChI is InChI=1S/C19H30O3/c1-4-7-12-16(11-6-3)22-19(20)17-13-9-10-14-18(17)21-15-8-5-2/h9-10,13-14,16H,4-8,11-12,15H2,1-3H3. The van der Waals surface area contributed by atoms with Crippen LogP contribution in [0.15, 0.2) is 24.3 Å². The lowest BCUT2D eigenvalue weighted by molar-refractivity contribution is 0.0250. The van der Waals surface area contributed by atoms with Crippen LogP contribution in [-0.2, 0) is 4.74 Å². The molecule has 3 heteroatoms. The average molecular weight is 306 g/mol. The van der Waals surface area contributed by atoms with E-state index in [9.17, 15) is 4.79 Å². The largest absolute Gasteiger partial charge is 0.493 e. The number of unbranched alkanes of at least 4 members (excludes halogenated alkanes) is 2. The summed E-state index contributed by atoms with van der Waals surface area (Å²) in [6.45, 7) is 7.03. The molecule has 0 heterocycles. The lowest BCUT2D eigenvalue weighted by atomic mass is 10.1. The molecule has 3 nitrogen and oxygen atoms in total. The van der Waals surface area contributed by atoms with E-state index in [1.165, 1.54) is 0 Å². The smallest absolute Gasteiger partial charge is 0.342 e. The monoisotopic (exact) mass is 306 g/mol. The lowest BCUT2D eigenvalue weighted by Gasteiger charge is -2.18. The number of hydrogen-bond donors (Lipinski definition) is 0. The van der Waals surface area contributed by atoms with Crippen molar-refractivity contribution >= 4 is 5.97 Å². The summed E-state index contributed by atoms with van der Waals surface area (Å²) in [4.78, 5) is 12.4. The molecular weight excluding hydrogens is 276 g/mol. The first-order chi connectivity index (χ1) is 10.7. The van der Waals surface area contributed by atoms with Crippen LogP contribution in [0, 0.1) is 0 Å². The summed E-state index contributed by atoms with van der Waals surface area (Å²) >= 11 is 0. The second-order valence-corrected chi connectivity index (χ2v) is 5.66. The summed E-state index contributed by atoms with van der Waals surface area (Å²) in [5.74, 6) is 0.369. The Hall–Kier alpha value is -1.51. The van der Waals surface area contributed by atoms with Crippen LogP contribution in [0.5, 0.6) is 5.75 Å². The molecule has 0 aliphatic heterocycles. The molecule has 1 rings (SSSR count). The topological polar surface area (TPSA) is 35.5 Å². The first kappa shape index (κ1) is 18.5. The van der Waals surface area contributed by atoms with Crippen LogP contribution < -0.4 is 4.74 Å². The molecule has 124 valence electrons. The van der Waals surface area contributed by atoms with Crippen molar-refractivity contribution in [3.8, 4) is 5.75 Å². The number of carbonyl (C=O) groups excluding carboxylic acids is 1. The zero-order valence-electron chi connectivity index (χ0n) is 14.3. The van der Waals surface area contributed by atoms with Crippen molar-refractivity contribution in [2.24, 2.45) is 0 Å². The summed E-state index contributed by atoms with van der Waals surface area (Å²) < 4.78 is 11.4. The van der Waals surface area contributed by atoms with Gasteiger partial charge in [-0.1, -0.05) is 58.6 Å². The number of ether oxygens (including phenoxy) is 2. The molecule has 0 amide bonds. The molecule has 22 heavy (non-hydrogen) atoms. The summed E-state index contributed by atoms with van der Waals surface area (Å²) in [5.41, 5.74) is 0.538. The van der Waals surface area contributed by atoms with E-state index in [1.54, 1.807) is 6.07 Å². The van der Waals surface area contributed by atoms with E-state index in [-0.39, 0.29) is 12.1 Å². The quantitative estimate of drug-likeness (QED) is 0.406. The number of para-hydroxylation sites is 1. The van der Waals surface area contributed by atoms with Crippen LogP contribution in [-0.4, -0.2) is 18.7 Å². The second-order valence-electron chi connectivity index (χ2n) is 5.66. The fourth-order valence-electron chi connectivity index (χ4n) is 2.32. The van der Waals surface area contributed by atoms with Crippen LogP contribution in [0.1, 0.15) is 76.1 Å². The normalized spacial score (nSPS) is 12.0. The molecule has 0 aromatic heterocycles. The molecule has 1 unspecified atom stereocenters. The van der Waals surface area contributed by atoms with Gasteiger partial charge in [0.1, 0.15) is 17.4 Å². The van der Waals surface area contributed by atoms with Crippen LogP contribution in [0.25, 0.3) is 0 Å². The van der Waals surface area contributed by atoms with Crippen LogP contribution in [0.2, 0.25) is 0 Å². The van der Waals surface area contributed by atoms with Gasteiger partial charge in [0, 0.05) is 0 Å². The molecule has 0 radical (unpaired) electrons. The third kappa shape index (κ3) is 6.50. The summed E-state index contributed by atoms with van der Waals surface area (Å²) in [5, 5.41) is 0. The van der Waals surface area contributed by atoms with Gasteiger partial charge in [-0.3, -0.25) is 0 Å². The van der Waals surface area contributed by atoms with Crippen LogP contribution in [0.3, 0.4) is 0 Å². The Kier molecular flexibility index (Phi) is 9.36. The first-order valence-corrected chi connectivity index (χ1v) is 8.65. The molecular formula is C19H30O3. The van der Waals surface area contributed by atoms with E-state index in [2.05, 4.69) is 20.8 Å². The molecule has 1 aromatic rings. The van der Waals surface area contributed by atoms with E-state index in [0.29, 0.717) is 17.9 Å². The van der Waals surface area contributed by atoms with Crippen molar-refractivity contribution in [2.75, 3.05) is 6.61 Å². The second kappa shape index (κ2) is 11.1. The predicted molar refractivity (Wildman–Crippen MR) is 90.5 cm³/mol. The van der Waals surface area contributed by atoms with Crippen molar-refractivity contribution in [1.29, 1.82) is 0 Å². The zero-order chi connectivity index (χ0) is 16.2. The zero-order valence-corrected chi connectivity index (χ0v) is 14.3. The van der Waals surface area contributed by atoms with Gasteiger partial charge in [-0.05, 0) is 31.4 Å². The molecule has 0 bridgehead atoms. The van der Waals surface area contributed by atoms with Gasteiger partial charge in [-0.15, -0.1) is 0 Å². The van der Waals surface area contributed by atoms with Gasteiger partial charge in [-0.2, -0.15) is 0 Å². The Labute approximate surface area is 135 Å². The first-order valence-electron chi connectivity index (χ1n) is 8.65. The molecule has 0 saturated heterocycles. The highest BCUT2D eigenvalue weighted by molar-refractivity contribution is 5.92. The van der Waals surface area contributed by atoms with E-state index < -0.39 is 0 Å². The van der Waals surface area contributed by atoms with Gasteiger partial charge >= 0.3 is 5.97 Å². The van der Waals surface area contributed by atoms with Gasteiger partial charge in [0.25, 0.3) is 0 Å². The van der Waals surface area contributed by atoms with Gasteiger partial charge < -0.3 is 9.47 Å². The Morgan fingerprint density at radius 3 is 2.41 bits per heavy atom. The Bertz CT molecular complexity index is 428. The molecule has 0 spiro atoms. The minimum absolute atomic E-state index is 0.0150. The third-order valence-corrected chi connectivity index (χ3v) is 3.63. The van der Waals surface area contributed by atoms with E-state index in [1.807, 2.05) is 18.2 Å². The summed E-state index contributed by atoms with van der Waals surface area (Å²) in [7, 11) is 0. The van der Waals surface area contributed by atoms with Crippen molar-refractivity contribution in [3.63, 3.8) is 0 Å². The number of esters is 1. The predicted octanol–water partition coefficient (Wildman–Crippen LogP) is 5.38. The molecule has 0 fully saturated rings. The Balaban J connectivity index is 2.69. The average Bonchev–Trinajstić information content (AvgIpc) is 2.53. The van der Waals surface area contributed by atoms with Crippen molar-refractivity contribution < 1.29 is 14.3 Å². The van der Waals surface area contributed by atoms with Gasteiger partial charge in [-0.25, -0.2) is 4.79 Å². The van der Waals surface area contributed by atoms with Crippen molar-refractivity contribution in [2.45, 2.75) is 71.8 Å². The van der Waals surface area contributed by atoms with E-state index in [0.717, 1.165) is 44.9 Å². The lowest BCUT2D eigenvalue weighted by Crippen LogP contribution is -2.19. The molecule has 1 aromatic carbocycles.